The lowest BCUT2D eigenvalue weighted by atomic mass is 10.0. The number of benzene rings is 1. The first-order chi connectivity index (χ1) is 9.36. The highest BCUT2D eigenvalue weighted by Gasteiger charge is 2.25. The van der Waals surface area contributed by atoms with E-state index >= 15 is 0 Å². The number of hydrogen-bond acceptors (Lipinski definition) is 3. The topological polar surface area (TPSA) is 15.3 Å². The summed E-state index contributed by atoms with van der Waals surface area (Å²) in [6.45, 7) is 4.35. The van der Waals surface area contributed by atoms with E-state index in [1.165, 1.54) is 14.9 Å². The molecule has 0 amide bonds. The molecule has 0 aliphatic carbocycles. The van der Waals surface area contributed by atoms with Crippen LogP contribution in [0.2, 0.25) is 0 Å². The number of nitrogens with one attached hydrogen (secondary N) is 1. The van der Waals surface area contributed by atoms with Crippen molar-refractivity contribution in [1.29, 1.82) is 0 Å². The smallest absolute Gasteiger partial charge is 0.0707 e. The van der Waals surface area contributed by atoms with Gasteiger partial charge in [-0.2, -0.15) is 0 Å². The first-order valence-electron chi connectivity index (χ1n) is 6.59. The van der Waals surface area contributed by atoms with E-state index in [0.29, 0.717) is 6.04 Å². The Hall–Kier alpha value is -0.680. The molecule has 0 spiro atoms. The molecule has 0 radical (unpaired) electrons. The molecule has 1 aliphatic rings. The van der Waals surface area contributed by atoms with Crippen LogP contribution in [0, 0.1) is 0 Å². The highest BCUT2D eigenvalue weighted by molar-refractivity contribution is 9.10. The van der Waals surface area contributed by atoms with Crippen LogP contribution in [0.15, 0.2) is 46.3 Å². The second-order valence-corrected chi connectivity index (χ2v) is 6.56. The summed E-state index contributed by atoms with van der Waals surface area (Å²) in [5.41, 5.74) is 1.37. The second-order valence-electron chi connectivity index (χ2n) is 4.73. The molecule has 1 atom stereocenters. The Morgan fingerprint density at radius 3 is 2.58 bits per heavy atom. The zero-order chi connectivity index (χ0) is 13.1. The Labute approximate surface area is 126 Å². The lowest BCUT2D eigenvalue weighted by Gasteiger charge is -2.35. The highest BCUT2D eigenvalue weighted by atomic mass is 79.9. The molecule has 2 aromatic rings. The van der Waals surface area contributed by atoms with Crippen LogP contribution in [-0.4, -0.2) is 31.1 Å². The third kappa shape index (κ3) is 2.92. The van der Waals surface area contributed by atoms with E-state index in [0.717, 1.165) is 26.2 Å². The predicted octanol–water partition coefficient (Wildman–Crippen LogP) is 3.51. The van der Waals surface area contributed by atoms with Gasteiger partial charge in [0.2, 0.25) is 0 Å². The molecule has 3 rings (SSSR count). The summed E-state index contributed by atoms with van der Waals surface area (Å²) in [7, 11) is 0. The standard InChI is InChI=1S/C15H17BrN2S/c16-13-5-2-1-4-12(13)15(14-6-3-11-19-14)18-9-7-17-8-10-18/h1-6,11,15,17H,7-10H2/t15-/m1/s1. The van der Waals surface area contributed by atoms with Gasteiger partial charge in [0.1, 0.15) is 0 Å². The molecular weight excluding hydrogens is 320 g/mol. The number of rotatable bonds is 3. The number of thiophene rings is 1. The van der Waals surface area contributed by atoms with Gasteiger partial charge in [0, 0.05) is 35.5 Å². The SMILES string of the molecule is Brc1ccccc1[C@H](c1cccs1)N1CCNCC1. The van der Waals surface area contributed by atoms with Crippen LogP contribution in [0.4, 0.5) is 0 Å². The minimum atomic E-state index is 0.373. The maximum absolute atomic E-state index is 3.71. The number of piperazine rings is 1. The third-order valence-corrected chi connectivity index (χ3v) is 5.18. The van der Waals surface area contributed by atoms with Crippen LogP contribution in [0.25, 0.3) is 0 Å². The van der Waals surface area contributed by atoms with Gasteiger partial charge in [-0.15, -0.1) is 11.3 Å². The van der Waals surface area contributed by atoms with Gasteiger partial charge in [-0.1, -0.05) is 40.2 Å². The van der Waals surface area contributed by atoms with Crippen molar-refractivity contribution in [2.24, 2.45) is 0 Å². The first-order valence-corrected chi connectivity index (χ1v) is 8.26. The van der Waals surface area contributed by atoms with Crippen molar-refractivity contribution >= 4 is 27.3 Å². The molecule has 2 nitrogen and oxygen atoms in total. The van der Waals surface area contributed by atoms with E-state index in [-0.39, 0.29) is 0 Å². The van der Waals surface area contributed by atoms with Gasteiger partial charge < -0.3 is 5.32 Å². The quantitative estimate of drug-likeness (QED) is 0.922. The van der Waals surface area contributed by atoms with Crippen LogP contribution in [0.1, 0.15) is 16.5 Å². The van der Waals surface area contributed by atoms with Gasteiger partial charge in [0.25, 0.3) is 0 Å². The Kier molecular flexibility index (Phi) is 4.33. The maximum atomic E-state index is 3.71. The van der Waals surface area contributed by atoms with Crippen molar-refractivity contribution in [3.8, 4) is 0 Å². The first kappa shape index (κ1) is 13.3. The van der Waals surface area contributed by atoms with Crippen molar-refractivity contribution in [3.05, 3.63) is 56.7 Å². The molecule has 19 heavy (non-hydrogen) atoms. The Morgan fingerprint density at radius 2 is 1.89 bits per heavy atom. The largest absolute Gasteiger partial charge is 0.314 e. The molecule has 0 bridgehead atoms. The van der Waals surface area contributed by atoms with Crippen molar-refractivity contribution in [3.63, 3.8) is 0 Å². The van der Waals surface area contributed by atoms with Gasteiger partial charge in [0.15, 0.2) is 0 Å². The average molecular weight is 337 g/mol. The summed E-state index contributed by atoms with van der Waals surface area (Å²) in [5, 5.41) is 5.60. The summed E-state index contributed by atoms with van der Waals surface area (Å²) in [5.74, 6) is 0. The van der Waals surface area contributed by atoms with Crippen LogP contribution in [0.5, 0.6) is 0 Å². The molecular formula is C15H17BrN2S. The van der Waals surface area contributed by atoms with E-state index in [9.17, 15) is 0 Å². The second kappa shape index (κ2) is 6.18. The fourth-order valence-electron chi connectivity index (χ4n) is 2.61. The summed E-state index contributed by atoms with van der Waals surface area (Å²) in [6, 6.07) is 13.3. The van der Waals surface area contributed by atoms with E-state index in [4.69, 9.17) is 0 Å². The summed E-state index contributed by atoms with van der Waals surface area (Å²) in [4.78, 5) is 4.00. The summed E-state index contributed by atoms with van der Waals surface area (Å²) in [6.07, 6.45) is 0. The maximum Gasteiger partial charge on any atom is 0.0707 e. The average Bonchev–Trinajstić information content (AvgIpc) is 2.96. The monoisotopic (exact) mass is 336 g/mol. The van der Waals surface area contributed by atoms with Crippen LogP contribution >= 0.6 is 27.3 Å². The zero-order valence-corrected chi connectivity index (χ0v) is 13.1. The summed E-state index contributed by atoms with van der Waals surface area (Å²) < 4.78 is 1.20. The van der Waals surface area contributed by atoms with Crippen molar-refractivity contribution in [2.75, 3.05) is 26.2 Å². The van der Waals surface area contributed by atoms with Crippen molar-refractivity contribution in [2.45, 2.75) is 6.04 Å². The van der Waals surface area contributed by atoms with E-state index in [1.807, 2.05) is 11.3 Å². The van der Waals surface area contributed by atoms with Gasteiger partial charge >= 0.3 is 0 Å². The van der Waals surface area contributed by atoms with E-state index in [2.05, 4.69) is 67.9 Å². The summed E-state index contributed by atoms with van der Waals surface area (Å²) >= 11 is 5.56. The minimum Gasteiger partial charge on any atom is -0.314 e. The molecule has 1 aromatic carbocycles. The molecule has 0 unspecified atom stereocenters. The highest BCUT2D eigenvalue weighted by Crippen LogP contribution is 2.35. The molecule has 0 saturated carbocycles. The lowest BCUT2D eigenvalue weighted by Crippen LogP contribution is -2.45. The van der Waals surface area contributed by atoms with Gasteiger partial charge in [0.05, 0.1) is 6.04 Å². The molecule has 1 N–H and O–H groups in total. The molecule has 4 heteroatoms. The van der Waals surface area contributed by atoms with Crippen LogP contribution < -0.4 is 5.32 Å². The minimum absolute atomic E-state index is 0.373. The normalized spacial score (nSPS) is 18.4. The number of halogens is 1. The van der Waals surface area contributed by atoms with Gasteiger partial charge in [-0.3, -0.25) is 4.90 Å². The molecule has 2 heterocycles. The fraction of sp³-hybridized carbons (Fsp3) is 0.333. The fourth-order valence-corrected chi connectivity index (χ4v) is 3.99. The molecule has 1 saturated heterocycles. The third-order valence-electron chi connectivity index (χ3n) is 3.53. The van der Waals surface area contributed by atoms with Gasteiger partial charge in [-0.25, -0.2) is 0 Å². The molecule has 100 valence electrons. The predicted molar refractivity (Wildman–Crippen MR) is 84.7 cm³/mol. The van der Waals surface area contributed by atoms with Crippen molar-refractivity contribution < 1.29 is 0 Å². The lowest BCUT2D eigenvalue weighted by molar-refractivity contribution is 0.200. The molecule has 1 aromatic heterocycles. The number of nitrogens with zero attached hydrogens (tertiary/aromatic N) is 1. The molecule has 1 aliphatic heterocycles. The zero-order valence-electron chi connectivity index (χ0n) is 10.7. The number of hydrogen-bond donors (Lipinski definition) is 1. The van der Waals surface area contributed by atoms with E-state index in [1.54, 1.807) is 0 Å². The van der Waals surface area contributed by atoms with Crippen LogP contribution in [-0.2, 0) is 0 Å². The Morgan fingerprint density at radius 1 is 1.11 bits per heavy atom. The van der Waals surface area contributed by atoms with Crippen molar-refractivity contribution in [1.82, 2.24) is 10.2 Å². The van der Waals surface area contributed by atoms with Gasteiger partial charge in [-0.05, 0) is 23.1 Å². The Balaban J connectivity index is 1.99. The van der Waals surface area contributed by atoms with Crippen LogP contribution in [0.3, 0.4) is 0 Å². The Bertz CT molecular complexity index is 521. The van der Waals surface area contributed by atoms with E-state index < -0.39 is 0 Å². The molecule has 1 fully saturated rings.